The van der Waals surface area contributed by atoms with Crippen molar-refractivity contribution in [2.24, 2.45) is 0 Å². The van der Waals surface area contributed by atoms with Crippen LogP contribution in [0.4, 0.5) is 0 Å². The molecule has 12 heteroatoms. The van der Waals surface area contributed by atoms with E-state index in [0.29, 0.717) is 46.2 Å². The number of pyridine rings is 1. The summed E-state index contributed by atoms with van der Waals surface area (Å²) in [5.74, 6) is -0.345. The van der Waals surface area contributed by atoms with E-state index in [1.165, 1.54) is 11.0 Å². The monoisotopic (exact) mass is 547 g/mol. The summed E-state index contributed by atoms with van der Waals surface area (Å²) in [4.78, 5) is 32.4. The van der Waals surface area contributed by atoms with Gasteiger partial charge in [-0.1, -0.05) is 41.4 Å². The lowest BCUT2D eigenvalue weighted by atomic mass is 10.0. The van der Waals surface area contributed by atoms with Crippen molar-refractivity contribution in [2.45, 2.75) is 25.3 Å². The number of nitrogens with zero attached hydrogens (tertiary/aromatic N) is 6. The van der Waals surface area contributed by atoms with Gasteiger partial charge in [0.2, 0.25) is 0 Å². The first kappa shape index (κ1) is 24.1. The van der Waals surface area contributed by atoms with Crippen LogP contribution in [0.2, 0.25) is 10.2 Å². The lowest BCUT2D eigenvalue weighted by Crippen LogP contribution is -2.24. The van der Waals surface area contributed by atoms with Gasteiger partial charge >= 0.3 is 5.97 Å². The van der Waals surface area contributed by atoms with E-state index in [-0.39, 0.29) is 23.2 Å². The van der Waals surface area contributed by atoms with Gasteiger partial charge in [0.05, 0.1) is 23.8 Å². The van der Waals surface area contributed by atoms with Crippen LogP contribution in [-0.4, -0.2) is 45.8 Å². The largest absolute Gasteiger partial charge is 0.481 e. The Morgan fingerprint density at radius 2 is 1.97 bits per heavy atom. The van der Waals surface area contributed by atoms with Crippen LogP contribution in [0, 0.1) is 0 Å². The van der Waals surface area contributed by atoms with Crippen LogP contribution in [0.1, 0.15) is 29.5 Å². The molecule has 3 aromatic heterocycles. The lowest BCUT2D eigenvalue weighted by Gasteiger charge is -2.15. The highest BCUT2D eigenvalue weighted by atomic mass is 35.5. The van der Waals surface area contributed by atoms with Crippen LogP contribution in [0.5, 0.6) is 0 Å². The number of aliphatic carboxylic acids is 1. The number of carboxylic acids is 1. The molecule has 2 N–H and O–H groups in total. The van der Waals surface area contributed by atoms with Gasteiger partial charge < -0.3 is 14.7 Å². The number of hydrogen-bond donors (Lipinski definition) is 2. The highest BCUT2D eigenvalue weighted by Crippen LogP contribution is 2.36. The quantitative estimate of drug-likeness (QED) is 0.323. The molecule has 6 rings (SSSR count). The Morgan fingerprint density at radius 1 is 1.11 bits per heavy atom. The first-order valence-electron chi connectivity index (χ1n) is 11.7. The lowest BCUT2D eigenvalue weighted by molar-refractivity contribution is -0.136. The van der Waals surface area contributed by atoms with Gasteiger partial charge in [-0.05, 0) is 64.7 Å². The Bertz CT molecular complexity index is 1740. The molecule has 0 bridgehead atoms. The molecule has 2 aromatic carbocycles. The topological polar surface area (TPSA) is 132 Å². The van der Waals surface area contributed by atoms with Crippen molar-refractivity contribution in [2.75, 3.05) is 0 Å². The third-order valence-electron chi connectivity index (χ3n) is 6.56. The molecule has 0 amide bonds. The van der Waals surface area contributed by atoms with Crippen LogP contribution in [0.3, 0.4) is 0 Å². The number of aryl methyl sites for hydroxylation is 1. The summed E-state index contributed by atoms with van der Waals surface area (Å²) in [5.41, 5.74) is 4.78. The standard InChI is InChI=1S/C26H19Cl2N7O3/c27-17-4-6-20(34-13-29-32-33-34)19(12-17)16-10-18-5-7-21(35(18)22(36)11-16)26-30-24(25(28)31-26)15-3-1-2-14(8-15)9-23(37)38/h1-4,6,8,10-13,21H,5,7,9H2,(H,30,31)(H,37,38). The SMILES string of the molecule is O=C(O)Cc1cccc(-c2[nH]c(C3CCc4cc(-c5cc(Cl)ccc5-n5cnnn5)cc(=O)n43)nc2Cl)c1. The van der Waals surface area contributed by atoms with E-state index in [9.17, 15) is 9.59 Å². The molecule has 0 spiro atoms. The van der Waals surface area contributed by atoms with Crippen LogP contribution < -0.4 is 5.56 Å². The molecular formula is C26H19Cl2N7O3. The van der Waals surface area contributed by atoms with Crippen molar-refractivity contribution in [1.82, 2.24) is 34.7 Å². The number of aromatic amines is 1. The summed E-state index contributed by atoms with van der Waals surface area (Å²) in [6, 6.07) is 15.7. The van der Waals surface area contributed by atoms with E-state index < -0.39 is 5.97 Å². The van der Waals surface area contributed by atoms with Crippen LogP contribution in [0.25, 0.3) is 28.1 Å². The van der Waals surface area contributed by atoms with Gasteiger partial charge in [-0.15, -0.1) is 5.10 Å². The number of tetrazole rings is 1. The fraction of sp³-hybridized carbons (Fsp3) is 0.154. The maximum absolute atomic E-state index is 13.4. The molecule has 1 aliphatic heterocycles. The van der Waals surface area contributed by atoms with Crippen molar-refractivity contribution in [1.29, 1.82) is 0 Å². The van der Waals surface area contributed by atoms with Crippen LogP contribution in [0.15, 0.2) is 65.7 Å². The molecule has 38 heavy (non-hydrogen) atoms. The third kappa shape index (κ3) is 4.37. The summed E-state index contributed by atoms with van der Waals surface area (Å²) in [6.07, 6.45) is 2.72. The molecule has 5 aromatic rings. The van der Waals surface area contributed by atoms with E-state index >= 15 is 0 Å². The van der Waals surface area contributed by atoms with Gasteiger partial charge in [-0.3, -0.25) is 9.59 Å². The number of nitrogens with one attached hydrogen (secondary N) is 1. The first-order chi connectivity index (χ1) is 18.4. The van der Waals surface area contributed by atoms with Gasteiger partial charge in [-0.2, -0.15) is 4.68 Å². The number of hydrogen-bond acceptors (Lipinski definition) is 6. The van der Waals surface area contributed by atoms with Gasteiger partial charge in [0.15, 0.2) is 5.15 Å². The number of carboxylic acid groups (broad SMARTS) is 1. The van der Waals surface area contributed by atoms with Gasteiger partial charge in [-0.25, -0.2) is 4.98 Å². The predicted molar refractivity (Wildman–Crippen MR) is 141 cm³/mol. The number of benzene rings is 2. The maximum Gasteiger partial charge on any atom is 0.307 e. The molecule has 1 unspecified atom stereocenters. The Kier molecular flexibility index (Phi) is 6.05. The van der Waals surface area contributed by atoms with Crippen molar-refractivity contribution in [3.63, 3.8) is 0 Å². The average Bonchev–Trinajstić information content (AvgIpc) is 3.64. The van der Waals surface area contributed by atoms with E-state index in [2.05, 4.69) is 25.5 Å². The number of fused-ring (bicyclic) bond motifs is 1. The predicted octanol–water partition coefficient (Wildman–Crippen LogP) is 4.35. The molecule has 1 aliphatic rings. The van der Waals surface area contributed by atoms with E-state index in [1.807, 2.05) is 12.1 Å². The number of aromatic nitrogens is 7. The molecule has 10 nitrogen and oxygen atoms in total. The second-order valence-electron chi connectivity index (χ2n) is 8.97. The summed E-state index contributed by atoms with van der Waals surface area (Å²) in [5, 5.41) is 21.3. The summed E-state index contributed by atoms with van der Waals surface area (Å²) in [6.45, 7) is 0. The van der Waals surface area contributed by atoms with Crippen molar-refractivity contribution >= 4 is 29.2 Å². The minimum absolute atomic E-state index is 0.0953. The first-order valence-corrected chi connectivity index (χ1v) is 12.5. The van der Waals surface area contributed by atoms with Crippen molar-refractivity contribution in [3.8, 4) is 28.1 Å². The molecule has 190 valence electrons. The summed E-state index contributed by atoms with van der Waals surface area (Å²) in [7, 11) is 0. The van der Waals surface area contributed by atoms with Gasteiger partial charge in [0.25, 0.3) is 5.56 Å². The minimum atomic E-state index is -0.914. The Hall–Kier alpha value is -4.28. The molecule has 0 saturated heterocycles. The van der Waals surface area contributed by atoms with Crippen LogP contribution >= 0.6 is 23.2 Å². The average molecular weight is 548 g/mol. The molecular weight excluding hydrogens is 529 g/mol. The normalized spacial score (nSPS) is 14.5. The highest BCUT2D eigenvalue weighted by molar-refractivity contribution is 6.32. The number of imidazole rings is 1. The molecule has 0 aliphatic carbocycles. The number of carbonyl (C=O) groups is 1. The molecule has 1 atom stereocenters. The molecule has 4 heterocycles. The number of halogens is 2. The molecule has 0 saturated carbocycles. The number of rotatable bonds is 6. The molecule has 0 radical (unpaired) electrons. The minimum Gasteiger partial charge on any atom is -0.481 e. The summed E-state index contributed by atoms with van der Waals surface area (Å²) >= 11 is 12.8. The zero-order valence-corrected chi connectivity index (χ0v) is 21.2. The summed E-state index contributed by atoms with van der Waals surface area (Å²) < 4.78 is 3.25. The van der Waals surface area contributed by atoms with Crippen molar-refractivity contribution < 1.29 is 9.90 Å². The van der Waals surface area contributed by atoms with Gasteiger partial charge in [0, 0.05) is 27.9 Å². The van der Waals surface area contributed by atoms with Gasteiger partial charge in [0.1, 0.15) is 12.2 Å². The number of H-pyrrole nitrogens is 1. The Balaban J connectivity index is 1.37. The fourth-order valence-electron chi connectivity index (χ4n) is 4.95. The fourth-order valence-corrected chi connectivity index (χ4v) is 5.37. The highest BCUT2D eigenvalue weighted by Gasteiger charge is 2.29. The zero-order valence-electron chi connectivity index (χ0n) is 19.7. The van der Waals surface area contributed by atoms with E-state index in [1.54, 1.807) is 47.0 Å². The third-order valence-corrected chi connectivity index (χ3v) is 7.07. The second-order valence-corrected chi connectivity index (χ2v) is 9.77. The molecule has 0 fully saturated rings. The second kappa shape index (κ2) is 9.55. The van der Waals surface area contributed by atoms with Crippen LogP contribution in [-0.2, 0) is 17.6 Å². The maximum atomic E-state index is 13.4. The Morgan fingerprint density at radius 3 is 2.76 bits per heavy atom. The zero-order chi connectivity index (χ0) is 26.4. The smallest absolute Gasteiger partial charge is 0.307 e. The Labute approximate surface area is 225 Å². The van der Waals surface area contributed by atoms with Crippen molar-refractivity contribution in [3.05, 3.63) is 98.5 Å². The van der Waals surface area contributed by atoms with E-state index in [0.717, 1.165) is 16.8 Å². The van der Waals surface area contributed by atoms with E-state index in [4.69, 9.17) is 28.3 Å².